The zero-order valence-corrected chi connectivity index (χ0v) is 8.08. The Kier molecular flexibility index (Phi) is 13.1. The maximum Gasteiger partial charge on any atom is 1.00 e. The van der Waals surface area contributed by atoms with Crippen molar-refractivity contribution in [1.82, 2.24) is 0 Å². The Hall–Kier alpha value is -1.20. The molecule has 0 aromatic heterocycles. The van der Waals surface area contributed by atoms with E-state index in [1.807, 2.05) is 5.92 Å². The van der Waals surface area contributed by atoms with E-state index in [1.165, 1.54) is 0 Å². The van der Waals surface area contributed by atoms with Crippen molar-refractivity contribution in [3.8, 4) is 53.8 Å². The fraction of sp³-hybridized carbons (Fsp3) is 0. The first-order chi connectivity index (χ1) is 4.91. The fourth-order valence-corrected chi connectivity index (χ4v) is 0.192. The summed E-state index contributed by atoms with van der Waals surface area (Å²) in [7, 11) is 0. The third-order valence-electron chi connectivity index (χ3n) is 0.447. The molecule has 0 aromatic rings. The summed E-state index contributed by atoms with van der Waals surface area (Å²) in [6.07, 6.45) is 11.2. The van der Waals surface area contributed by atoms with E-state index in [0.717, 1.165) is 0 Å². The molecule has 0 aliphatic carbocycles. The van der Waals surface area contributed by atoms with Gasteiger partial charge in [-0.2, -0.15) is 0 Å². The van der Waals surface area contributed by atoms with Crippen LogP contribution in [-0.2, 0) is 0 Å². The molecule has 0 heterocycles. The van der Waals surface area contributed by atoms with Crippen LogP contribution in [0.4, 0.5) is 0 Å². The summed E-state index contributed by atoms with van der Waals surface area (Å²) in [5.41, 5.74) is 0. The van der Waals surface area contributed by atoms with Crippen molar-refractivity contribution in [1.29, 1.82) is 0 Å². The van der Waals surface area contributed by atoms with Crippen molar-refractivity contribution in [2.75, 3.05) is 0 Å². The van der Waals surface area contributed by atoms with Gasteiger partial charge >= 0.3 is 29.6 Å². The maximum absolute atomic E-state index is 6.36. The van der Waals surface area contributed by atoms with Gasteiger partial charge in [-0.05, 0) is 29.6 Å². The van der Waals surface area contributed by atoms with E-state index in [1.54, 1.807) is 0 Å². The normalized spacial score (nSPS) is 3.09. The molecule has 0 aliphatic heterocycles. The Labute approximate surface area is 89.4 Å². The van der Waals surface area contributed by atoms with E-state index < -0.39 is 0 Å². The summed E-state index contributed by atoms with van der Waals surface area (Å²) in [5, 5.41) is 0. The number of terminal acetylenes is 1. The first-order valence-electron chi connectivity index (χ1n) is 2.29. The molecule has 0 saturated carbocycles. The minimum Gasteiger partial charge on any atom is -0.358 e. The van der Waals surface area contributed by atoms with Crippen LogP contribution < -0.4 is 29.6 Å². The Morgan fingerprint density at radius 3 is 1.73 bits per heavy atom. The second-order valence-corrected chi connectivity index (χ2v) is 1.02. The van der Waals surface area contributed by atoms with Crippen molar-refractivity contribution in [3.05, 3.63) is 6.42 Å². The third-order valence-corrected chi connectivity index (χ3v) is 0.447. The fourth-order valence-electron chi connectivity index (χ4n) is 0.192. The zero-order valence-electron chi connectivity index (χ0n) is 6.08. The van der Waals surface area contributed by atoms with Crippen LogP contribution in [0.25, 0.3) is 0 Å². The van der Waals surface area contributed by atoms with Crippen LogP contribution in [0, 0.1) is 60.2 Å². The molecule has 1 heteroatoms. The molecule has 0 bridgehead atoms. The summed E-state index contributed by atoms with van der Waals surface area (Å²) in [5.74, 6) is 17.8. The minimum absolute atomic E-state index is 0. The van der Waals surface area contributed by atoms with Crippen molar-refractivity contribution in [2.45, 2.75) is 0 Å². The van der Waals surface area contributed by atoms with Crippen LogP contribution >= 0.6 is 0 Å². The van der Waals surface area contributed by atoms with E-state index >= 15 is 0 Å². The van der Waals surface area contributed by atoms with Gasteiger partial charge in [0.1, 0.15) is 0 Å². The Morgan fingerprint density at radius 1 is 0.818 bits per heavy atom. The van der Waals surface area contributed by atoms with Crippen LogP contribution in [0.5, 0.6) is 0 Å². The molecule has 0 radical (unpaired) electrons. The standard InChI is InChI=1S/C10H.Na/c1-3-5-7-9-10-8-6-4-2;/h1H;/q-1;+1. The first-order valence-corrected chi connectivity index (χ1v) is 2.29. The van der Waals surface area contributed by atoms with Crippen LogP contribution in [-0.4, -0.2) is 0 Å². The molecule has 0 rings (SSSR count). The van der Waals surface area contributed by atoms with Gasteiger partial charge < -0.3 is 6.42 Å². The predicted molar refractivity (Wildman–Crippen MR) is 39.3 cm³/mol. The van der Waals surface area contributed by atoms with Gasteiger partial charge in [0.15, 0.2) is 0 Å². The molecule has 0 saturated heterocycles. The van der Waals surface area contributed by atoms with Gasteiger partial charge in [-0.15, -0.1) is 12.3 Å². The topological polar surface area (TPSA) is 0 Å². The summed E-state index contributed by atoms with van der Waals surface area (Å²) >= 11 is 0. The Balaban J connectivity index is 0. The van der Waals surface area contributed by atoms with Crippen molar-refractivity contribution >= 4 is 0 Å². The van der Waals surface area contributed by atoms with Gasteiger partial charge in [-0.25, -0.2) is 5.92 Å². The smallest absolute Gasteiger partial charge is 0.358 e. The van der Waals surface area contributed by atoms with Gasteiger partial charge in [0, 0.05) is 0 Å². The average molecular weight is 144 g/mol. The van der Waals surface area contributed by atoms with Crippen molar-refractivity contribution in [2.24, 2.45) is 0 Å². The Bertz CT molecular complexity index is 319. The molecule has 0 atom stereocenters. The second kappa shape index (κ2) is 11.6. The Morgan fingerprint density at radius 2 is 1.27 bits per heavy atom. The molecule has 42 valence electrons. The van der Waals surface area contributed by atoms with E-state index in [9.17, 15) is 0 Å². The molecule has 0 nitrogen and oxygen atoms in total. The van der Waals surface area contributed by atoms with Crippen LogP contribution in [0.2, 0.25) is 0 Å². The maximum atomic E-state index is 6.36. The first kappa shape index (κ1) is 12.5. The van der Waals surface area contributed by atoms with E-state index in [-0.39, 0.29) is 29.6 Å². The number of hydrogen-bond acceptors (Lipinski definition) is 0. The molecule has 0 spiro atoms. The minimum atomic E-state index is 0. The van der Waals surface area contributed by atoms with Gasteiger partial charge in [0.25, 0.3) is 0 Å². The van der Waals surface area contributed by atoms with Gasteiger partial charge in [-0.1, -0.05) is 0 Å². The number of rotatable bonds is 0. The molecule has 0 N–H and O–H groups in total. The summed E-state index contributed by atoms with van der Waals surface area (Å²) in [6, 6.07) is 0. The number of hydrogen-bond donors (Lipinski definition) is 0. The quantitative estimate of drug-likeness (QED) is 0.196. The molecule has 0 aromatic carbocycles. The molecular formula is C10HNa. The average Bonchev–Trinajstić information content (AvgIpc) is 1.97. The summed E-state index contributed by atoms with van der Waals surface area (Å²) < 4.78 is 0. The predicted octanol–water partition coefficient (Wildman–Crippen LogP) is -2.78. The van der Waals surface area contributed by atoms with Crippen LogP contribution in [0.15, 0.2) is 0 Å². The summed E-state index contributed by atoms with van der Waals surface area (Å²) in [6.45, 7) is 0. The second-order valence-electron chi connectivity index (χ2n) is 1.02. The molecule has 11 heavy (non-hydrogen) atoms. The molecule has 0 fully saturated rings. The van der Waals surface area contributed by atoms with Crippen LogP contribution in [0.3, 0.4) is 0 Å². The van der Waals surface area contributed by atoms with E-state index in [2.05, 4.69) is 41.4 Å². The van der Waals surface area contributed by atoms with E-state index in [0.29, 0.717) is 0 Å². The van der Waals surface area contributed by atoms with E-state index in [4.69, 9.17) is 12.8 Å². The van der Waals surface area contributed by atoms with Crippen molar-refractivity contribution < 1.29 is 29.6 Å². The van der Waals surface area contributed by atoms with Gasteiger partial charge in [0.2, 0.25) is 0 Å². The summed E-state index contributed by atoms with van der Waals surface area (Å²) in [4.78, 5) is 0. The SMILES string of the molecule is [C-]#CC#CC#CC#CC#C.[Na+]. The zero-order chi connectivity index (χ0) is 7.66. The van der Waals surface area contributed by atoms with Crippen LogP contribution in [0.1, 0.15) is 0 Å². The monoisotopic (exact) mass is 144 g/mol. The molecular weight excluding hydrogens is 143 g/mol. The molecule has 0 unspecified atom stereocenters. The van der Waals surface area contributed by atoms with Gasteiger partial charge in [0.05, 0.1) is 0 Å². The third kappa shape index (κ3) is 12.1. The van der Waals surface area contributed by atoms with Crippen molar-refractivity contribution in [3.63, 3.8) is 0 Å². The largest absolute Gasteiger partial charge is 1.00 e. The van der Waals surface area contributed by atoms with Gasteiger partial charge in [-0.3, -0.25) is 5.92 Å². The molecule has 0 aliphatic rings. The molecule has 0 amide bonds.